The number of para-hydroxylation sites is 1. The van der Waals surface area contributed by atoms with Crippen molar-refractivity contribution in [2.75, 3.05) is 44.7 Å². The molecule has 4 heterocycles. The number of rotatable bonds is 8. The van der Waals surface area contributed by atoms with Crippen LogP contribution in [0.5, 0.6) is 5.75 Å². The lowest BCUT2D eigenvalue weighted by Crippen LogP contribution is -2.47. The minimum Gasteiger partial charge on any atom is -0.496 e. The largest absolute Gasteiger partial charge is 0.496 e. The van der Waals surface area contributed by atoms with E-state index < -0.39 is 0 Å². The maximum Gasteiger partial charge on any atom is 0.335 e. The number of aromatic nitrogens is 3. The number of methoxy groups -OCH3 is 1. The van der Waals surface area contributed by atoms with Crippen LogP contribution in [0.2, 0.25) is 0 Å². The Kier molecular flexibility index (Phi) is 7.13. The van der Waals surface area contributed by atoms with Gasteiger partial charge in [0.2, 0.25) is 0 Å². The molecule has 0 saturated carbocycles. The van der Waals surface area contributed by atoms with Crippen molar-refractivity contribution < 1.29 is 4.74 Å². The summed E-state index contributed by atoms with van der Waals surface area (Å²) in [6, 6.07) is 18.9. The van der Waals surface area contributed by atoms with E-state index in [1.807, 2.05) is 48.7 Å². The number of hydrogen-bond donors (Lipinski definition) is 0. The van der Waals surface area contributed by atoms with Crippen molar-refractivity contribution in [2.24, 2.45) is 0 Å². The Morgan fingerprint density at radius 3 is 2.39 bits per heavy atom. The molecule has 1 fully saturated rings. The summed E-state index contributed by atoms with van der Waals surface area (Å²) in [7, 11) is 1.59. The van der Waals surface area contributed by atoms with Crippen LogP contribution >= 0.6 is 0 Å². The fourth-order valence-corrected chi connectivity index (χ4v) is 4.92. The zero-order valence-corrected chi connectivity index (χ0v) is 20.5. The second-order valence-corrected chi connectivity index (χ2v) is 8.99. The SMILES string of the molecule is COc1ccccc1-c1c(=O)n(CCCCN2CCN(c3ccccn3)CC2)c(=O)n2ccccc12. The lowest BCUT2D eigenvalue weighted by Gasteiger charge is -2.35. The summed E-state index contributed by atoms with van der Waals surface area (Å²) >= 11 is 0. The van der Waals surface area contributed by atoms with E-state index in [4.69, 9.17) is 4.74 Å². The van der Waals surface area contributed by atoms with Crippen molar-refractivity contribution in [2.45, 2.75) is 19.4 Å². The molecule has 0 amide bonds. The Labute approximate surface area is 210 Å². The molecule has 0 atom stereocenters. The van der Waals surface area contributed by atoms with Crippen molar-refractivity contribution in [3.05, 3.63) is 93.9 Å². The molecule has 8 nitrogen and oxygen atoms in total. The molecule has 1 aliphatic rings. The molecule has 186 valence electrons. The Morgan fingerprint density at radius 1 is 0.861 bits per heavy atom. The van der Waals surface area contributed by atoms with Crippen LogP contribution < -0.4 is 20.9 Å². The molecule has 0 unspecified atom stereocenters. The highest BCUT2D eigenvalue weighted by Gasteiger charge is 2.19. The van der Waals surface area contributed by atoms with Gasteiger partial charge in [0.05, 0.1) is 18.2 Å². The summed E-state index contributed by atoms with van der Waals surface area (Å²) in [5, 5.41) is 0. The third kappa shape index (κ3) is 4.77. The van der Waals surface area contributed by atoms with Gasteiger partial charge >= 0.3 is 5.69 Å². The van der Waals surface area contributed by atoms with Gasteiger partial charge in [-0.2, -0.15) is 0 Å². The molecule has 36 heavy (non-hydrogen) atoms. The highest BCUT2D eigenvalue weighted by molar-refractivity contribution is 5.82. The van der Waals surface area contributed by atoms with E-state index in [0.29, 0.717) is 28.9 Å². The third-order valence-corrected chi connectivity index (χ3v) is 6.84. The molecule has 0 spiro atoms. The second kappa shape index (κ2) is 10.8. The monoisotopic (exact) mass is 485 g/mol. The van der Waals surface area contributed by atoms with Gasteiger partial charge in [0, 0.05) is 50.7 Å². The first kappa shape index (κ1) is 23.8. The van der Waals surface area contributed by atoms with Crippen LogP contribution in [0.15, 0.2) is 82.6 Å². The van der Waals surface area contributed by atoms with Crippen LogP contribution in [0.1, 0.15) is 12.8 Å². The van der Waals surface area contributed by atoms with Crippen LogP contribution in [0.3, 0.4) is 0 Å². The van der Waals surface area contributed by atoms with Crippen LogP contribution in [0, 0.1) is 0 Å². The van der Waals surface area contributed by atoms with Gasteiger partial charge in [-0.3, -0.25) is 18.7 Å². The fraction of sp³-hybridized carbons (Fsp3) is 0.321. The number of fused-ring (bicyclic) bond motifs is 1. The Balaban J connectivity index is 1.29. The third-order valence-electron chi connectivity index (χ3n) is 6.84. The van der Waals surface area contributed by atoms with E-state index in [1.54, 1.807) is 29.8 Å². The number of nitrogens with zero attached hydrogens (tertiary/aromatic N) is 5. The normalized spacial score (nSPS) is 14.3. The van der Waals surface area contributed by atoms with Crippen LogP contribution in [-0.2, 0) is 6.54 Å². The minimum atomic E-state index is -0.307. The highest BCUT2D eigenvalue weighted by atomic mass is 16.5. The summed E-state index contributed by atoms with van der Waals surface area (Å²) in [5.74, 6) is 1.63. The summed E-state index contributed by atoms with van der Waals surface area (Å²) in [6.45, 7) is 5.18. The van der Waals surface area contributed by atoms with Gasteiger partial charge < -0.3 is 9.64 Å². The highest BCUT2D eigenvalue weighted by Crippen LogP contribution is 2.29. The molecule has 0 bridgehead atoms. The van der Waals surface area contributed by atoms with Gasteiger partial charge in [0.1, 0.15) is 11.6 Å². The smallest absolute Gasteiger partial charge is 0.335 e. The molecule has 8 heteroatoms. The lowest BCUT2D eigenvalue weighted by molar-refractivity contribution is 0.250. The topological polar surface area (TPSA) is 72.1 Å². The van der Waals surface area contributed by atoms with Gasteiger partial charge in [-0.1, -0.05) is 30.3 Å². The summed E-state index contributed by atoms with van der Waals surface area (Å²) in [5.41, 5.74) is 1.17. The van der Waals surface area contributed by atoms with Gasteiger partial charge in [0.15, 0.2) is 0 Å². The molecule has 1 aliphatic heterocycles. The predicted molar refractivity (Wildman–Crippen MR) is 142 cm³/mol. The van der Waals surface area contributed by atoms with Crippen LogP contribution in [0.4, 0.5) is 5.82 Å². The number of pyridine rings is 2. The van der Waals surface area contributed by atoms with Crippen molar-refractivity contribution >= 4 is 11.3 Å². The van der Waals surface area contributed by atoms with E-state index in [9.17, 15) is 9.59 Å². The van der Waals surface area contributed by atoms with Gasteiger partial charge in [-0.15, -0.1) is 0 Å². The fourth-order valence-electron chi connectivity index (χ4n) is 4.92. The van der Waals surface area contributed by atoms with Gasteiger partial charge in [0.25, 0.3) is 5.56 Å². The predicted octanol–water partition coefficient (Wildman–Crippen LogP) is 3.13. The van der Waals surface area contributed by atoms with Crippen LogP contribution in [-0.4, -0.2) is 58.7 Å². The van der Waals surface area contributed by atoms with E-state index in [0.717, 1.165) is 51.4 Å². The molecule has 0 radical (unpaired) electrons. The van der Waals surface area contributed by atoms with E-state index in [2.05, 4.69) is 20.9 Å². The average molecular weight is 486 g/mol. The standard InChI is InChI=1S/C28H31N5O3/c1-36-24-12-3-2-10-22(24)26-23-11-5-7-16-32(23)28(35)33(27(26)34)17-9-8-15-30-18-20-31(21-19-30)25-13-4-6-14-29-25/h2-7,10-14,16H,8-9,15,17-21H2,1H3. The summed E-state index contributed by atoms with van der Waals surface area (Å²) in [6.07, 6.45) is 5.21. The molecule has 0 aliphatic carbocycles. The number of ether oxygens (including phenoxy) is 1. The first-order valence-corrected chi connectivity index (χ1v) is 12.4. The van der Waals surface area contributed by atoms with Gasteiger partial charge in [-0.25, -0.2) is 9.78 Å². The van der Waals surface area contributed by atoms with E-state index in [-0.39, 0.29) is 11.2 Å². The summed E-state index contributed by atoms with van der Waals surface area (Å²) < 4.78 is 8.45. The molecule has 1 aromatic carbocycles. The number of anilines is 1. The first-order chi connectivity index (χ1) is 17.7. The maximum atomic E-state index is 13.6. The Hall–Kier alpha value is -3.91. The maximum absolute atomic E-state index is 13.6. The van der Waals surface area contributed by atoms with Crippen molar-refractivity contribution in [3.63, 3.8) is 0 Å². The molecular formula is C28H31N5O3. The molecule has 1 saturated heterocycles. The van der Waals surface area contributed by atoms with Crippen LogP contribution in [0.25, 0.3) is 16.6 Å². The molecule has 4 aromatic rings. The van der Waals surface area contributed by atoms with Gasteiger partial charge in [-0.05, 0) is 49.7 Å². The molecule has 3 aromatic heterocycles. The number of piperazine rings is 1. The van der Waals surface area contributed by atoms with Crippen molar-refractivity contribution in [1.82, 2.24) is 18.9 Å². The number of unbranched alkanes of at least 4 members (excludes halogenated alkanes) is 1. The number of hydrogen-bond acceptors (Lipinski definition) is 6. The Morgan fingerprint density at radius 2 is 1.61 bits per heavy atom. The van der Waals surface area contributed by atoms with Crippen molar-refractivity contribution in [1.29, 1.82) is 0 Å². The van der Waals surface area contributed by atoms with Crippen molar-refractivity contribution in [3.8, 4) is 16.9 Å². The lowest BCUT2D eigenvalue weighted by atomic mass is 10.0. The minimum absolute atomic E-state index is 0.278. The molecule has 5 rings (SSSR count). The average Bonchev–Trinajstić information content (AvgIpc) is 2.94. The first-order valence-electron chi connectivity index (χ1n) is 12.4. The second-order valence-electron chi connectivity index (χ2n) is 8.99. The summed E-state index contributed by atoms with van der Waals surface area (Å²) in [4.78, 5) is 36.0. The zero-order chi connectivity index (χ0) is 24.9. The molecular weight excluding hydrogens is 454 g/mol. The Bertz CT molecular complexity index is 1440. The quantitative estimate of drug-likeness (QED) is 0.357. The number of benzene rings is 1. The van der Waals surface area contributed by atoms with E-state index >= 15 is 0 Å². The molecule has 0 N–H and O–H groups in total. The zero-order valence-electron chi connectivity index (χ0n) is 20.5. The van der Waals surface area contributed by atoms with E-state index in [1.165, 1.54) is 4.57 Å².